The lowest BCUT2D eigenvalue weighted by Gasteiger charge is -2.14. The normalized spacial score (nSPS) is 22.8. The van der Waals surface area contributed by atoms with Gasteiger partial charge in [0.25, 0.3) is 0 Å². The second-order valence-electron chi connectivity index (χ2n) is 5.14. The van der Waals surface area contributed by atoms with E-state index in [0.29, 0.717) is 12.3 Å². The van der Waals surface area contributed by atoms with Gasteiger partial charge in [-0.05, 0) is 37.0 Å². The van der Waals surface area contributed by atoms with E-state index >= 15 is 0 Å². The fraction of sp³-hybridized carbons (Fsp3) is 0.429. The molecule has 0 aliphatic heterocycles. The molecular formula is C14H17N3OS. The summed E-state index contributed by atoms with van der Waals surface area (Å²) >= 11 is 1.60. The van der Waals surface area contributed by atoms with E-state index in [0.717, 1.165) is 35.2 Å². The molecule has 1 amide bonds. The second-order valence-corrected chi connectivity index (χ2v) is 6.03. The predicted octanol–water partition coefficient (Wildman–Crippen LogP) is 2.75. The summed E-state index contributed by atoms with van der Waals surface area (Å²) in [5.41, 5.74) is 9.55. The molecule has 0 saturated heterocycles. The first-order valence-corrected chi connectivity index (χ1v) is 7.49. The lowest BCUT2D eigenvalue weighted by Crippen LogP contribution is -2.28. The van der Waals surface area contributed by atoms with Gasteiger partial charge in [0, 0.05) is 18.2 Å². The molecule has 2 aromatic rings. The van der Waals surface area contributed by atoms with Crippen molar-refractivity contribution in [2.45, 2.75) is 31.7 Å². The number of carbonyl (C=O) groups excluding carboxylic acids is 1. The first kappa shape index (κ1) is 12.6. The van der Waals surface area contributed by atoms with Crippen molar-refractivity contribution in [3.05, 3.63) is 23.7 Å². The minimum atomic E-state index is 0.0527. The lowest BCUT2D eigenvalue weighted by atomic mass is 10.00. The van der Waals surface area contributed by atoms with Gasteiger partial charge in [-0.15, -0.1) is 11.3 Å². The van der Waals surface area contributed by atoms with Crippen LogP contribution in [0.2, 0.25) is 0 Å². The summed E-state index contributed by atoms with van der Waals surface area (Å²) in [6.45, 7) is 0. The number of nitrogens with two attached hydrogens (primary N) is 1. The number of hydrogen-bond donors (Lipinski definition) is 2. The molecule has 0 radical (unpaired) electrons. The summed E-state index contributed by atoms with van der Waals surface area (Å²) < 4.78 is 1.14. The number of fused-ring (bicyclic) bond motifs is 1. The first-order chi connectivity index (χ1) is 9.22. The molecule has 1 aliphatic rings. The van der Waals surface area contributed by atoms with E-state index in [-0.39, 0.29) is 11.9 Å². The van der Waals surface area contributed by atoms with E-state index in [1.54, 1.807) is 11.3 Å². The summed E-state index contributed by atoms with van der Waals surface area (Å²) in [6, 6.07) is 6.02. The molecule has 4 nitrogen and oxygen atoms in total. The van der Waals surface area contributed by atoms with Gasteiger partial charge in [0.05, 0.1) is 15.7 Å². The van der Waals surface area contributed by atoms with Gasteiger partial charge >= 0.3 is 0 Å². The van der Waals surface area contributed by atoms with Crippen LogP contribution < -0.4 is 11.1 Å². The van der Waals surface area contributed by atoms with Crippen LogP contribution in [0.25, 0.3) is 10.2 Å². The van der Waals surface area contributed by atoms with Crippen LogP contribution in [0.1, 0.15) is 25.7 Å². The Bertz CT molecular complexity index is 595. The zero-order valence-corrected chi connectivity index (χ0v) is 11.5. The van der Waals surface area contributed by atoms with Crippen LogP contribution in [0.4, 0.5) is 5.69 Å². The lowest BCUT2D eigenvalue weighted by molar-refractivity contribution is -0.117. The molecule has 0 unspecified atom stereocenters. The molecular weight excluding hydrogens is 258 g/mol. The quantitative estimate of drug-likeness (QED) is 0.905. The summed E-state index contributed by atoms with van der Waals surface area (Å²) in [6.07, 6.45) is 3.78. The molecule has 19 heavy (non-hydrogen) atoms. The number of thiazole rings is 1. The smallest absolute Gasteiger partial charge is 0.224 e. The van der Waals surface area contributed by atoms with Gasteiger partial charge in [0.15, 0.2) is 0 Å². The summed E-state index contributed by atoms with van der Waals surface area (Å²) in [4.78, 5) is 16.3. The van der Waals surface area contributed by atoms with Crippen LogP contribution in [0, 0.1) is 5.92 Å². The minimum Gasteiger partial charge on any atom is -0.327 e. The van der Waals surface area contributed by atoms with E-state index < -0.39 is 0 Å². The largest absolute Gasteiger partial charge is 0.327 e. The monoisotopic (exact) mass is 275 g/mol. The Morgan fingerprint density at radius 2 is 2.37 bits per heavy atom. The predicted molar refractivity (Wildman–Crippen MR) is 78.2 cm³/mol. The molecule has 1 aliphatic carbocycles. The highest BCUT2D eigenvalue weighted by molar-refractivity contribution is 7.16. The van der Waals surface area contributed by atoms with Crippen molar-refractivity contribution < 1.29 is 4.79 Å². The Morgan fingerprint density at radius 1 is 1.47 bits per heavy atom. The number of anilines is 1. The van der Waals surface area contributed by atoms with Gasteiger partial charge in [-0.2, -0.15) is 0 Å². The molecule has 5 heteroatoms. The molecule has 1 saturated carbocycles. The summed E-state index contributed by atoms with van der Waals surface area (Å²) in [7, 11) is 0. The van der Waals surface area contributed by atoms with E-state index in [1.165, 1.54) is 0 Å². The number of rotatable bonds is 3. The van der Waals surface area contributed by atoms with Crippen molar-refractivity contribution in [1.82, 2.24) is 4.98 Å². The van der Waals surface area contributed by atoms with Gasteiger partial charge in [0.1, 0.15) is 0 Å². The Balaban J connectivity index is 1.65. The van der Waals surface area contributed by atoms with Crippen molar-refractivity contribution >= 4 is 33.1 Å². The Hall–Kier alpha value is -1.46. The van der Waals surface area contributed by atoms with E-state index in [9.17, 15) is 4.79 Å². The number of aromatic nitrogens is 1. The third-order valence-electron chi connectivity index (χ3n) is 3.78. The number of carbonyl (C=O) groups is 1. The van der Waals surface area contributed by atoms with E-state index in [1.807, 2.05) is 23.7 Å². The Morgan fingerprint density at radius 3 is 3.16 bits per heavy atom. The molecule has 1 aromatic carbocycles. The summed E-state index contributed by atoms with van der Waals surface area (Å²) in [5.74, 6) is 0.389. The Kier molecular flexibility index (Phi) is 3.48. The molecule has 3 rings (SSSR count). The molecule has 1 heterocycles. The molecule has 100 valence electrons. The SMILES string of the molecule is N[C@@H]1CCC[C@H]1CC(=O)Nc1ccc2scnc2c1. The fourth-order valence-electron chi connectivity index (χ4n) is 2.70. The zero-order chi connectivity index (χ0) is 13.2. The number of benzene rings is 1. The number of hydrogen-bond acceptors (Lipinski definition) is 4. The van der Waals surface area contributed by atoms with Gasteiger partial charge < -0.3 is 11.1 Å². The van der Waals surface area contributed by atoms with Crippen LogP contribution in [-0.2, 0) is 4.79 Å². The van der Waals surface area contributed by atoms with Gasteiger partial charge in [0.2, 0.25) is 5.91 Å². The number of amides is 1. The maximum atomic E-state index is 12.0. The fourth-order valence-corrected chi connectivity index (χ4v) is 3.36. The van der Waals surface area contributed by atoms with Crippen LogP contribution in [0.5, 0.6) is 0 Å². The number of nitrogens with zero attached hydrogens (tertiary/aromatic N) is 1. The standard InChI is InChI=1S/C14H17N3OS/c15-11-3-1-2-9(11)6-14(18)17-10-4-5-13-12(7-10)16-8-19-13/h4-5,7-9,11H,1-3,6,15H2,(H,17,18)/t9-,11+/m0/s1. The van der Waals surface area contributed by atoms with Crippen molar-refractivity contribution in [2.75, 3.05) is 5.32 Å². The third-order valence-corrected chi connectivity index (χ3v) is 4.59. The van der Waals surface area contributed by atoms with Crippen LogP contribution in [0.15, 0.2) is 23.7 Å². The highest BCUT2D eigenvalue weighted by atomic mass is 32.1. The topological polar surface area (TPSA) is 68.0 Å². The highest BCUT2D eigenvalue weighted by Gasteiger charge is 2.25. The molecule has 0 bridgehead atoms. The van der Waals surface area contributed by atoms with Crippen molar-refractivity contribution in [1.29, 1.82) is 0 Å². The van der Waals surface area contributed by atoms with Crippen LogP contribution in [0.3, 0.4) is 0 Å². The third kappa shape index (κ3) is 2.77. The highest BCUT2D eigenvalue weighted by Crippen LogP contribution is 2.27. The van der Waals surface area contributed by atoms with Crippen molar-refractivity contribution in [2.24, 2.45) is 11.7 Å². The average molecular weight is 275 g/mol. The van der Waals surface area contributed by atoms with Gasteiger partial charge in [-0.3, -0.25) is 4.79 Å². The number of nitrogens with one attached hydrogen (secondary N) is 1. The van der Waals surface area contributed by atoms with Crippen molar-refractivity contribution in [3.8, 4) is 0 Å². The second kappa shape index (κ2) is 5.27. The molecule has 2 atom stereocenters. The molecule has 1 aromatic heterocycles. The van der Waals surface area contributed by atoms with E-state index in [2.05, 4.69) is 10.3 Å². The van der Waals surface area contributed by atoms with E-state index in [4.69, 9.17) is 5.73 Å². The maximum absolute atomic E-state index is 12.0. The average Bonchev–Trinajstić information content (AvgIpc) is 2.98. The van der Waals surface area contributed by atoms with Crippen molar-refractivity contribution in [3.63, 3.8) is 0 Å². The molecule has 3 N–H and O–H groups in total. The molecule has 0 spiro atoms. The van der Waals surface area contributed by atoms with Crippen LogP contribution >= 0.6 is 11.3 Å². The maximum Gasteiger partial charge on any atom is 0.224 e. The zero-order valence-electron chi connectivity index (χ0n) is 10.6. The molecule has 1 fully saturated rings. The first-order valence-electron chi connectivity index (χ1n) is 6.61. The Labute approximate surface area is 116 Å². The minimum absolute atomic E-state index is 0.0527. The van der Waals surface area contributed by atoms with Gasteiger partial charge in [-0.25, -0.2) is 4.98 Å². The van der Waals surface area contributed by atoms with Gasteiger partial charge in [-0.1, -0.05) is 6.42 Å². The summed E-state index contributed by atoms with van der Waals surface area (Å²) in [5, 5.41) is 2.94. The van der Waals surface area contributed by atoms with Crippen LogP contribution in [-0.4, -0.2) is 16.9 Å².